The number of rotatable bonds is 7. The summed E-state index contributed by atoms with van der Waals surface area (Å²) >= 11 is 3.34. The minimum Gasteiger partial charge on any atom is -0.496 e. The number of carbonyl (C=O) groups is 3. The van der Waals surface area contributed by atoms with Crippen LogP contribution in [-0.2, 0) is 14.3 Å². The molecule has 0 saturated heterocycles. The fourth-order valence-corrected chi connectivity index (χ4v) is 2.71. The Kier molecular flexibility index (Phi) is 7.36. The highest BCUT2D eigenvalue weighted by molar-refractivity contribution is 9.10. The van der Waals surface area contributed by atoms with Gasteiger partial charge < -0.3 is 20.1 Å². The topological polar surface area (TPSA) is 93.7 Å². The van der Waals surface area contributed by atoms with Crippen molar-refractivity contribution in [3.63, 3.8) is 0 Å². The number of nitrogens with one attached hydrogen (secondary N) is 2. The lowest BCUT2D eigenvalue weighted by Crippen LogP contribution is -2.32. The van der Waals surface area contributed by atoms with Crippen LogP contribution in [-0.4, -0.2) is 38.0 Å². The molecule has 2 amide bonds. The Morgan fingerprint density at radius 2 is 1.85 bits per heavy atom. The largest absolute Gasteiger partial charge is 0.496 e. The van der Waals surface area contributed by atoms with E-state index in [1.165, 1.54) is 7.11 Å². The van der Waals surface area contributed by atoms with Crippen LogP contribution >= 0.6 is 15.9 Å². The van der Waals surface area contributed by atoms with Gasteiger partial charge in [-0.05, 0) is 42.8 Å². The summed E-state index contributed by atoms with van der Waals surface area (Å²) in [5.41, 5.74) is 1.80. The Labute approximate surface area is 165 Å². The van der Waals surface area contributed by atoms with Crippen LogP contribution in [0.3, 0.4) is 0 Å². The third kappa shape index (κ3) is 6.10. The van der Waals surface area contributed by atoms with E-state index in [-0.39, 0.29) is 6.54 Å². The lowest BCUT2D eigenvalue weighted by molar-refractivity contribution is -0.146. The Hall–Kier alpha value is -2.87. The van der Waals surface area contributed by atoms with Crippen LogP contribution < -0.4 is 15.4 Å². The van der Waals surface area contributed by atoms with E-state index in [0.29, 0.717) is 17.0 Å². The zero-order valence-corrected chi connectivity index (χ0v) is 16.5. The second-order valence-corrected chi connectivity index (χ2v) is 6.47. The van der Waals surface area contributed by atoms with E-state index in [1.54, 1.807) is 36.4 Å². The number of methoxy groups -OCH3 is 1. The summed E-state index contributed by atoms with van der Waals surface area (Å²) in [5.74, 6) is -1.27. The molecule has 0 fully saturated rings. The number of halogens is 1. The van der Waals surface area contributed by atoms with Crippen molar-refractivity contribution in [3.8, 4) is 5.75 Å². The second kappa shape index (κ2) is 9.72. The molecule has 7 nitrogen and oxygen atoms in total. The van der Waals surface area contributed by atoms with Gasteiger partial charge in [0.1, 0.15) is 12.3 Å². The van der Waals surface area contributed by atoms with Crippen molar-refractivity contribution >= 4 is 39.4 Å². The summed E-state index contributed by atoms with van der Waals surface area (Å²) < 4.78 is 10.9. The smallest absolute Gasteiger partial charge is 0.325 e. The van der Waals surface area contributed by atoms with E-state index < -0.39 is 24.4 Å². The summed E-state index contributed by atoms with van der Waals surface area (Å²) in [6.07, 6.45) is 0. The van der Waals surface area contributed by atoms with Crippen molar-refractivity contribution in [1.82, 2.24) is 5.32 Å². The molecule has 0 radical (unpaired) electrons. The summed E-state index contributed by atoms with van der Waals surface area (Å²) in [6.45, 7) is 1.04. The number of hydrogen-bond acceptors (Lipinski definition) is 5. The predicted octanol–water partition coefficient (Wildman–Crippen LogP) is 2.68. The monoisotopic (exact) mass is 434 g/mol. The second-order valence-electron chi connectivity index (χ2n) is 5.55. The van der Waals surface area contributed by atoms with Crippen LogP contribution in [0.5, 0.6) is 5.75 Å². The van der Waals surface area contributed by atoms with Crippen LogP contribution in [0, 0.1) is 6.92 Å². The number of ether oxygens (including phenoxy) is 2. The first-order valence-electron chi connectivity index (χ1n) is 8.03. The zero-order valence-electron chi connectivity index (χ0n) is 14.9. The van der Waals surface area contributed by atoms with E-state index in [9.17, 15) is 14.4 Å². The molecule has 0 heterocycles. The van der Waals surface area contributed by atoms with Gasteiger partial charge in [-0.1, -0.05) is 28.1 Å². The van der Waals surface area contributed by atoms with Gasteiger partial charge in [0.25, 0.3) is 11.8 Å². The number of hydrogen-bond donors (Lipinski definition) is 2. The van der Waals surface area contributed by atoms with Gasteiger partial charge in [0.15, 0.2) is 6.61 Å². The molecule has 2 aromatic rings. The third-order valence-electron chi connectivity index (χ3n) is 3.57. The molecule has 2 N–H and O–H groups in total. The van der Waals surface area contributed by atoms with Gasteiger partial charge in [0, 0.05) is 10.2 Å². The fraction of sp³-hybridized carbons (Fsp3) is 0.211. The highest BCUT2D eigenvalue weighted by atomic mass is 79.9. The van der Waals surface area contributed by atoms with Gasteiger partial charge in [0.05, 0.1) is 12.7 Å². The molecule has 0 saturated carbocycles. The molecule has 2 rings (SSSR count). The van der Waals surface area contributed by atoms with Gasteiger partial charge in [0.2, 0.25) is 0 Å². The van der Waals surface area contributed by atoms with Crippen molar-refractivity contribution in [2.45, 2.75) is 6.92 Å². The van der Waals surface area contributed by atoms with Crippen LogP contribution in [0.2, 0.25) is 0 Å². The standard InChI is InChI=1S/C19H19BrN2O5/c1-12-9-13(20)7-8-15(12)22-17(23)11-27-18(24)10-21-19(25)14-5-3-4-6-16(14)26-2/h3-9H,10-11H2,1-2H3,(H,21,25)(H,22,23). The average Bonchev–Trinajstić information content (AvgIpc) is 2.66. The van der Waals surface area contributed by atoms with Crippen molar-refractivity contribution in [3.05, 3.63) is 58.1 Å². The molecular formula is C19H19BrN2O5. The van der Waals surface area contributed by atoms with E-state index >= 15 is 0 Å². The molecule has 0 atom stereocenters. The van der Waals surface area contributed by atoms with Gasteiger partial charge in [-0.3, -0.25) is 14.4 Å². The molecule has 0 aliphatic carbocycles. The normalized spacial score (nSPS) is 10.0. The van der Waals surface area contributed by atoms with Crippen LogP contribution in [0.25, 0.3) is 0 Å². The lowest BCUT2D eigenvalue weighted by atomic mass is 10.2. The molecule has 8 heteroatoms. The molecule has 142 valence electrons. The molecule has 0 aromatic heterocycles. The number of amides is 2. The van der Waals surface area contributed by atoms with Crippen molar-refractivity contribution in [2.24, 2.45) is 0 Å². The van der Waals surface area contributed by atoms with Crippen LogP contribution in [0.4, 0.5) is 5.69 Å². The lowest BCUT2D eigenvalue weighted by Gasteiger charge is -2.10. The Morgan fingerprint density at radius 1 is 1.11 bits per heavy atom. The number of anilines is 1. The van der Waals surface area contributed by atoms with Crippen LogP contribution in [0.1, 0.15) is 15.9 Å². The van der Waals surface area contributed by atoms with Gasteiger partial charge >= 0.3 is 5.97 Å². The Bertz CT molecular complexity index is 854. The molecule has 0 aliphatic rings. The number of esters is 1. The number of benzene rings is 2. The Morgan fingerprint density at radius 3 is 2.56 bits per heavy atom. The van der Waals surface area contributed by atoms with Crippen molar-refractivity contribution in [2.75, 3.05) is 25.6 Å². The van der Waals surface area contributed by atoms with Gasteiger partial charge in [-0.25, -0.2) is 0 Å². The fourth-order valence-electron chi connectivity index (χ4n) is 2.23. The number of para-hydroxylation sites is 1. The molecule has 0 aliphatic heterocycles. The maximum absolute atomic E-state index is 12.1. The molecule has 2 aromatic carbocycles. The molecular weight excluding hydrogens is 416 g/mol. The van der Waals surface area contributed by atoms with Gasteiger partial charge in [-0.2, -0.15) is 0 Å². The highest BCUT2D eigenvalue weighted by Gasteiger charge is 2.14. The van der Waals surface area contributed by atoms with E-state index in [4.69, 9.17) is 9.47 Å². The minimum absolute atomic E-state index is 0.302. The first-order valence-corrected chi connectivity index (χ1v) is 8.83. The predicted molar refractivity (Wildman–Crippen MR) is 104 cm³/mol. The van der Waals surface area contributed by atoms with E-state index in [1.807, 2.05) is 13.0 Å². The Balaban J connectivity index is 1.78. The number of aryl methyl sites for hydroxylation is 1. The molecule has 0 unspecified atom stereocenters. The summed E-state index contributed by atoms with van der Waals surface area (Å²) in [4.78, 5) is 35.7. The van der Waals surface area contributed by atoms with E-state index in [2.05, 4.69) is 26.6 Å². The first kappa shape index (κ1) is 20.4. The maximum atomic E-state index is 12.1. The van der Waals surface area contributed by atoms with E-state index in [0.717, 1.165) is 10.0 Å². The minimum atomic E-state index is -0.721. The zero-order chi connectivity index (χ0) is 19.8. The quantitative estimate of drug-likeness (QED) is 0.653. The molecule has 0 spiro atoms. The average molecular weight is 435 g/mol. The number of carbonyl (C=O) groups excluding carboxylic acids is 3. The summed E-state index contributed by atoms with van der Waals surface area (Å²) in [5, 5.41) is 5.09. The summed E-state index contributed by atoms with van der Waals surface area (Å²) in [6, 6.07) is 12.0. The SMILES string of the molecule is COc1ccccc1C(=O)NCC(=O)OCC(=O)Nc1ccc(Br)cc1C. The van der Waals surface area contributed by atoms with Crippen LogP contribution in [0.15, 0.2) is 46.9 Å². The molecule has 27 heavy (non-hydrogen) atoms. The maximum Gasteiger partial charge on any atom is 0.325 e. The highest BCUT2D eigenvalue weighted by Crippen LogP contribution is 2.20. The van der Waals surface area contributed by atoms with Crippen molar-refractivity contribution in [1.29, 1.82) is 0 Å². The third-order valence-corrected chi connectivity index (χ3v) is 4.06. The summed E-state index contributed by atoms with van der Waals surface area (Å²) in [7, 11) is 1.45. The first-order chi connectivity index (χ1) is 12.9. The molecule has 0 bridgehead atoms. The van der Waals surface area contributed by atoms with Gasteiger partial charge in [-0.15, -0.1) is 0 Å². The van der Waals surface area contributed by atoms with Crippen molar-refractivity contribution < 1.29 is 23.9 Å².